The van der Waals surface area contributed by atoms with Gasteiger partial charge in [0.05, 0.1) is 16.4 Å². The summed E-state index contributed by atoms with van der Waals surface area (Å²) in [5.41, 5.74) is 0.440. The molecule has 0 atom stereocenters. The van der Waals surface area contributed by atoms with E-state index in [1.165, 1.54) is 30.6 Å². The Kier molecular flexibility index (Phi) is 4.13. The van der Waals surface area contributed by atoms with Crippen LogP contribution in [0.3, 0.4) is 0 Å². The molecule has 0 unspecified atom stereocenters. The molecule has 1 aromatic carbocycles. The van der Waals surface area contributed by atoms with Crippen LogP contribution in [0.5, 0.6) is 11.6 Å². The third kappa shape index (κ3) is 3.10. The van der Waals surface area contributed by atoms with Gasteiger partial charge in [0.1, 0.15) is 17.2 Å². The zero-order chi connectivity index (χ0) is 13.8. The molecule has 1 heterocycles. The van der Waals surface area contributed by atoms with E-state index in [0.717, 1.165) is 0 Å². The van der Waals surface area contributed by atoms with E-state index in [0.29, 0.717) is 11.3 Å². The minimum atomic E-state index is -0.491. The lowest BCUT2D eigenvalue weighted by Crippen LogP contribution is -1.96. The Morgan fingerprint density at radius 1 is 1.26 bits per heavy atom. The molecule has 0 bridgehead atoms. The summed E-state index contributed by atoms with van der Waals surface area (Å²) < 4.78 is 5.47. The lowest BCUT2D eigenvalue weighted by atomic mass is 10.3. The third-order valence-electron chi connectivity index (χ3n) is 2.25. The monoisotopic (exact) mass is 299 g/mol. The second-order valence-corrected chi connectivity index (χ2v) is 4.06. The van der Waals surface area contributed by atoms with Gasteiger partial charge in [-0.3, -0.25) is 10.1 Å². The minimum absolute atomic E-state index is 0.0226. The van der Waals surface area contributed by atoms with Crippen LogP contribution in [0.1, 0.15) is 5.56 Å². The topological polar surface area (TPSA) is 78.2 Å². The Labute approximate surface area is 118 Å². The summed E-state index contributed by atoms with van der Waals surface area (Å²) in [5, 5.41) is 10.7. The van der Waals surface area contributed by atoms with E-state index in [-0.39, 0.29) is 22.6 Å². The summed E-state index contributed by atoms with van der Waals surface area (Å²) in [6.07, 6.45) is 1.25. The maximum atomic E-state index is 10.5. The van der Waals surface area contributed by atoms with Gasteiger partial charge in [-0.05, 0) is 12.1 Å². The molecule has 0 aliphatic heterocycles. The summed E-state index contributed by atoms with van der Waals surface area (Å²) in [6, 6.07) is 5.59. The summed E-state index contributed by atoms with van der Waals surface area (Å²) in [7, 11) is 0. The van der Waals surface area contributed by atoms with Crippen molar-refractivity contribution in [3.63, 3.8) is 0 Å². The van der Waals surface area contributed by atoms with Crippen molar-refractivity contribution in [1.82, 2.24) is 9.97 Å². The van der Waals surface area contributed by atoms with Crippen molar-refractivity contribution >= 4 is 28.9 Å². The van der Waals surface area contributed by atoms with Gasteiger partial charge in [0.2, 0.25) is 5.88 Å². The third-order valence-corrected chi connectivity index (χ3v) is 2.84. The highest BCUT2D eigenvalue weighted by Crippen LogP contribution is 2.28. The number of benzene rings is 1. The lowest BCUT2D eigenvalue weighted by molar-refractivity contribution is -0.384. The van der Waals surface area contributed by atoms with Gasteiger partial charge in [-0.2, -0.15) is 0 Å². The Bertz CT molecular complexity index is 605. The number of ether oxygens (including phenoxy) is 1. The van der Waals surface area contributed by atoms with Gasteiger partial charge < -0.3 is 4.74 Å². The molecule has 19 heavy (non-hydrogen) atoms. The number of hydrogen-bond donors (Lipinski definition) is 0. The van der Waals surface area contributed by atoms with Crippen molar-refractivity contribution in [2.24, 2.45) is 0 Å². The summed E-state index contributed by atoms with van der Waals surface area (Å²) in [5.74, 6) is 0.720. The first kappa shape index (κ1) is 13.5. The van der Waals surface area contributed by atoms with Crippen LogP contribution in [0.15, 0.2) is 30.6 Å². The molecule has 0 N–H and O–H groups in total. The standard InChI is InChI=1S/C11H7Cl2N3O3/c12-5-9-10(13)14-6-15-11(9)19-8-3-1-7(2-4-8)16(17)18/h1-4,6H,5H2. The summed E-state index contributed by atoms with van der Waals surface area (Å²) >= 11 is 11.6. The largest absolute Gasteiger partial charge is 0.439 e. The smallest absolute Gasteiger partial charge is 0.269 e. The van der Waals surface area contributed by atoms with Crippen LogP contribution in [-0.2, 0) is 5.88 Å². The maximum Gasteiger partial charge on any atom is 0.269 e. The average Bonchev–Trinajstić information content (AvgIpc) is 2.39. The number of aromatic nitrogens is 2. The molecule has 2 aromatic rings. The van der Waals surface area contributed by atoms with Gasteiger partial charge in [-0.1, -0.05) is 11.6 Å². The number of nitro groups is 1. The number of rotatable bonds is 4. The van der Waals surface area contributed by atoms with Crippen LogP contribution in [-0.4, -0.2) is 14.9 Å². The molecule has 0 fully saturated rings. The molecule has 6 nitrogen and oxygen atoms in total. The van der Waals surface area contributed by atoms with Gasteiger partial charge in [0, 0.05) is 12.1 Å². The fourth-order valence-corrected chi connectivity index (χ4v) is 1.82. The molecule has 0 saturated heterocycles. The quantitative estimate of drug-likeness (QED) is 0.373. The predicted octanol–water partition coefficient (Wildman–Crippen LogP) is 3.57. The first-order valence-electron chi connectivity index (χ1n) is 5.09. The van der Waals surface area contributed by atoms with Crippen LogP contribution in [0.4, 0.5) is 5.69 Å². The number of nitro benzene ring substituents is 1. The molecule has 2 rings (SSSR count). The van der Waals surface area contributed by atoms with E-state index < -0.39 is 4.92 Å². The van der Waals surface area contributed by atoms with Gasteiger partial charge in [0.15, 0.2) is 0 Å². The lowest BCUT2D eigenvalue weighted by Gasteiger charge is -2.08. The molecule has 1 aromatic heterocycles. The van der Waals surface area contributed by atoms with Gasteiger partial charge >= 0.3 is 0 Å². The number of nitrogens with zero attached hydrogens (tertiary/aromatic N) is 3. The molecule has 8 heteroatoms. The molecular formula is C11H7Cl2N3O3. The fourth-order valence-electron chi connectivity index (χ4n) is 1.32. The average molecular weight is 300 g/mol. The molecule has 0 saturated carbocycles. The van der Waals surface area contributed by atoms with Gasteiger partial charge in [-0.15, -0.1) is 11.6 Å². The molecule has 0 aliphatic carbocycles. The number of non-ortho nitro benzene ring substituents is 1. The first-order chi connectivity index (χ1) is 9.11. The van der Waals surface area contributed by atoms with E-state index in [9.17, 15) is 10.1 Å². The number of alkyl halides is 1. The van der Waals surface area contributed by atoms with Crippen molar-refractivity contribution < 1.29 is 9.66 Å². The van der Waals surface area contributed by atoms with Crippen molar-refractivity contribution in [1.29, 1.82) is 0 Å². The van der Waals surface area contributed by atoms with Gasteiger partial charge in [0.25, 0.3) is 5.69 Å². The summed E-state index contributed by atoms with van der Waals surface area (Å²) in [6.45, 7) is 0. The first-order valence-corrected chi connectivity index (χ1v) is 6.00. The van der Waals surface area contributed by atoms with Crippen molar-refractivity contribution in [3.8, 4) is 11.6 Å². The van der Waals surface area contributed by atoms with Crippen LogP contribution in [0.25, 0.3) is 0 Å². The van der Waals surface area contributed by atoms with Gasteiger partial charge in [-0.25, -0.2) is 9.97 Å². The molecule has 0 aliphatic rings. The predicted molar refractivity (Wildman–Crippen MR) is 69.8 cm³/mol. The maximum absolute atomic E-state index is 10.5. The van der Waals surface area contributed by atoms with E-state index in [1.54, 1.807) is 0 Å². The van der Waals surface area contributed by atoms with Crippen LogP contribution in [0, 0.1) is 10.1 Å². The van der Waals surface area contributed by atoms with E-state index in [2.05, 4.69) is 9.97 Å². The van der Waals surface area contributed by atoms with Crippen LogP contribution >= 0.6 is 23.2 Å². The molecule has 98 valence electrons. The SMILES string of the molecule is O=[N+]([O-])c1ccc(Oc2ncnc(Cl)c2CCl)cc1. The minimum Gasteiger partial charge on any atom is -0.439 e. The molecule has 0 radical (unpaired) electrons. The normalized spacial score (nSPS) is 10.2. The number of hydrogen-bond acceptors (Lipinski definition) is 5. The Hall–Kier alpha value is -1.92. The van der Waals surface area contributed by atoms with E-state index >= 15 is 0 Å². The molecular weight excluding hydrogens is 293 g/mol. The second-order valence-electron chi connectivity index (χ2n) is 3.43. The van der Waals surface area contributed by atoms with E-state index in [1.807, 2.05) is 0 Å². The zero-order valence-corrected chi connectivity index (χ0v) is 10.9. The Morgan fingerprint density at radius 3 is 2.53 bits per heavy atom. The highest BCUT2D eigenvalue weighted by molar-refractivity contribution is 6.31. The van der Waals surface area contributed by atoms with Crippen LogP contribution in [0.2, 0.25) is 5.15 Å². The van der Waals surface area contributed by atoms with Crippen LogP contribution < -0.4 is 4.74 Å². The fraction of sp³-hybridized carbons (Fsp3) is 0.0909. The van der Waals surface area contributed by atoms with Crippen molar-refractivity contribution in [2.75, 3.05) is 0 Å². The Morgan fingerprint density at radius 2 is 1.95 bits per heavy atom. The molecule has 0 amide bonds. The zero-order valence-electron chi connectivity index (χ0n) is 9.42. The Balaban J connectivity index is 2.26. The second kappa shape index (κ2) is 5.81. The highest BCUT2D eigenvalue weighted by Gasteiger charge is 2.12. The summed E-state index contributed by atoms with van der Waals surface area (Å²) in [4.78, 5) is 17.8. The van der Waals surface area contributed by atoms with Crippen molar-refractivity contribution in [3.05, 3.63) is 51.4 Å². The van der Waals surface area contributed by atoms with E-state index in [4.69, 9.17) is 27.9 Å². The number of halogens is 2. The highest BCUT2D eigenvalue weighted by atomic mass is 35.5. The molecule has 0 spiro atoms. The van der Waals surface area contributed by atoms with Crippen molar-refractivity contribution in [2.45, 2.75) is 5.88 Å².